The van der Waals surface area contributed by atoms with E-state index in [0.29, 0.717) is 43.1 Å². The van der Waals surface area contributed by atoms with Crippen LogP contribution in [0, 0.1) is 5.92 Å². The van der Waals surface area contributed by atoms with Crippen LogP contribution in [0.4, 0.5) is 5.69 Å². The number of ether oxygens (including phenoxy) is 1. The second-order valence-corrected chi connectivity index (χ2v) is 9.94. The van der Waals surface area contributed by atoms with Crippen LogP contribution in [-0.4, -0.2) is 44.8 Å². The van der Waals surface area contributed by atoms with Crippen molar-refractivity contribution in [1.29, 1.82) is 0 Å². The zero-order chi connectivity index (χ0) is 24.7. The number of carbonyl (C=O) groups is 2. The molecule has 1 saturated heterocycles. The Morgan fingerprint density at radius 3 is 2.49 bits per heavy atom. The number of furan rings is 1. The highest BCUT2D eigenvalue weighted by Crippen LogP contribution is 2.22. The predicted octanol–water partition coefficient (Wildman–Crippen LogP) is 3.01. The van der Waals surface area contributed by atoms with Crippen LogP contribution in [0.2, 0.25) is 0 Å². The first-order valence-corrected chi connectivity index (χ1v) is 12.8. The van der Waals surface area contributed by atoms with Crippen molar-refractivity contribution in [2.75, 3.05) is 25.0 Å². The maximum absolute atomic E-state index is 12.8. The summed E-state index contributed by atoms with van der Waals surface area (Å²) >= 11 is 0. The minimum Gasteiger partial charge on any atom is -0.484 e. The number of piperidine rings is 1. The first kappa shape index (κ1) is 24.5. The number of benzene rings is 2. The summed E-state index contributed by atoms with van der Waals surface area (Å²) < 4.78 is 38.3. The van der Waals surface area contributed by atoms with Gasteiger partial charge in [0.2, 0.25) is 15.9 Å². The Morgan fingerprint density at radius 2 is 1.77 bits per heavy atom. The number of sulfonamides is 1. The van der Waals surface area contributed by atoms with E-state index in [1.54, 1.807) is 41.3 Å². The molecule has 0 spiro atoms. The van der Waals surface area contributed by atoms with E-state index < -0.39 is 10.0 Å². The Morgan fingerprint density at radius 1 is 1.00 bits per heavy atom. The van der Waals surface area contributed by atoms with Gasteiger partial charge in [0.25, 0.3) is 5.91 Å². The normalized spacial score (nSPS) is 14.5. The van der Waals surface area contributed by atoms with Gasteiger partial charge in [-0.15, -0.1) is 0 Å². The van der Waals surface area contributed by atoms with Crippen LogP contribution < -0.4 is 14.8 Å². The third-order valence-electron chi connectivity index (χ3n) is 5.75. The van der Waals surface area contributed by atoms with Gasteiger partial charge in [0, 0.05) is 24.7 Å². The quantitative estimate of drug-likeness (QED) is 0.469. The fourth-order valence-corrected chi connectivity index (χ4v) is 4.83. The highest BCUT2D eigenvalue weighted by molar-refractivity contribution is 7.89. The maximum Gasteiger partial charge on any atom is 0.260 e. The molecule has 1 aromatic heterocycles. The van der Waals surface area contributed by atoms with E-state index >= 15 is 0 Å². The number of nitrogens with zero attached hydrogens (tertiary/aromatic N) is 1. The fraction of sp³-hybridized carbons (Fsp3) is 0.280. The molecule has 0 aliphatic carbocycles. The minimum atomic E-state index is -3.78. The van der Waals surface area contributed by atoms with Crippen molar-refractivity contribution in [3.05, 3.63) is 78.8 Å². The summed E-state index contributed by atoms with van der Waals surface area (Å²) in [6.45, 7) is 0.899. The van der Waals surface area contributed by atoms with Gasteiger partial charge in [0.1, 0.15) is 11.5 Å². The number of para-hydroxylation sites is 1. The van der Waals surface area contributed by atoms with Gasteiger partial charge in [-0.1, -0.05) is 24.3 Å². The largest absolute Gasteiger partial charge is 0.484 e. The monoisotopic (exact) mass is 497 g/mol. The smallest absolute Gasteiger partial charge is 0.260 e. The average Bonchev–Trinajstić information content (AvgIpc) is 3.41. The lowest BCUT2D eigenvalue weighted by Crippen LogP contribution is -2.43. The van der Waals surface area contributed by atoms with Gasteiger partial charge >= 0.3 is 0 Å². The Balaban J connectivity index is 1.26. The molecule has 10 heteroatoms. The zero-order valence-corrected chi connectivity index (χ0v) is 19.9. The van der Waals surface area contributed by atoms with Crippen LogP contribution in [0.15, 0.2) is 82.3 Å². The number of carbonyl (C=O) groups excluding carboxylic acids is 2. The van der Waals surface area contributed by atoms with Gasteiger partial charge in [0.05, 0.1) is 17.7 Å². The first-order chi connectivity index (χ1) is 16.9. The van der Waals surface area contributed by atoms with Crippen molar-refractivity contribution in [2.24, 2.45) is 5.92 Å². The molecular formula is C25H27N3O6S. The van der Waals surface area contributed by atoms with Crippen LogP contribution in [0.3, 0.4) is 0 Å². The van der Waals surface area contributed by atoms with Crippen molar-refractivity contribution >= 4 is 27.5 Å². The highest BCUT2D eigenvalue weighted by Gasteiger charge is 2.28. The molecule has 2 N–H and O–H groups in total. The summed E-state index contributed by atoms with van der Waals surface area (Å²) in [5.74, 6) is 0.542. The number of anilines is 1. The zero-order valence-electron chi connectivity index (χ0n) is 19.1. The molecule has 2 heterocycles. The molecule has 2 aromatic carbocycles. The van der Waals surface area contributed by atoms with E-state index in [1.165, 1.54) is 18.4 Å². The van der Waals surface area contributed by atoms with Crippen LogP contribution in [0.25, 0.3) is 0 Å². The molecule has 3 aromatic rings. The molecule has 0 atom stereocenters. The van der Waals surface area contributed by atoms with Crippen molar-refractivity contribution in [1.82, 2.24) is 9.62 Å². The van der Waals surface area contributed by atoms with Crippen molar-refractivity contribution in [3.63, 3.8) is 0 Å². The van der Waals surface area contributed by atoms with Crippen LogP contribution in [0.5, 0.6) is 5.75 Å². The van der Waals surface area contributed by atoms with Crippen molar-refractivity contribution in [3.8, 4) is 5.75 Å². The number of amides is 2. The van der Waals surface area contributed by atoms with Gasteiger partial charge in [-0.05, 0) is 55.3 Å². The number of likely N-dealkylation sites (tertiary alicyclic amines) is 1. The third kappa shape index (κ3) is 6.71. The van der Waals surface area contributed by atoms with E-state index in [4.69, 9.17) is 9.15 Å². The molecule has 4 rings (SSSR count). The predicted molar refractivity (Wildman–Crippen MR) is 129 cm³/mol. The lowest BCUT2D eigenvalue weighted by Gasteiger charge is -2.31. The summed E-state index contributed by atoms with van der Waals surface area (Å²) in [5, 5.41) is 2.81. The summed E-state index contributed by atoms with van der Waals surface area (Å²) in [7, 11) is -3.78. The van der Waals surface area contributed by atoms with Crippen molar-refractivity contribution < 1.29 is 27.2 Å². The van der Waals surface area contributed by atoms with Gasteiger partial charge < -0.3 is 19.4 Å². The van der Waals surface area contributed by atoms with E-state index in [0.717, 1.165) is 0 Å². The maximum atomic E-state index is 12.8. The molecule has 0 unspecified atom stereocenters. The average molecular weight is 498 g/mol. The summed E-state index contributed by atoms with van der Waals surface area (Å²) in [5.41, 5.74) is 0.394. The lowest BCUT2D eigenvalue weighted by molar-refractivity contribution is -0.136. The second kappa shape index (κ2) is 11.2. The topological polar surface area (TPSA) is 118 Å². The van der Waals surface area contributed by atoms with E-state index in [2.05, 4.69) is 10.0 Å². The third-order valence-corrected chi connectivity index (χ3v) is 7.15. The molecule has 0 radical (unpaired) electrons. The van der Waals surface area contributed by atoms with Crippen LogP contribution in [-0.2, 0) is 26.2 Å². The second-order valence-electron chi connectivity index (χ2n) is 8.18. The molecule has 9 nitrogen and oxygen atoms in total. The molecule has 1 aliphatic heterocycles. The molecule has 1 aliphatic rings. The molecule has 0 saturated carbocycles. The number of rotatable bonds is 9. The van der Waals surface area contributed by atoms with Crippen molar-refractivity contribution in [2.45, 2.75) is 24.3 Å². The van der Waals surface area contributed by atoms with Crippen LogP contribution in [0.1, 0.15) is 18.6 Å². The fourth-order valence-electron chi connectivity index (χ4n) is 3.79. The van der Waals surface area contributed by atoms with E-state index in [1.807, 2.05) is 18.2 Å². The number of hydrogen-bond donors (Lipinski definition) is 2. The van der Waals surface area contributed by atoms with Crippen LogP contribution >= 0.6 is 0 Å². The summed E-state index contributed by atoms with van der Waals surface area (Å²) in [6.07, 6.45) is 2.51. The van der Waals surface area contributed by atoms with Gasteiger partial charge in [-0.2, -0.15) is 0 Å². The number of nitrogens with one attached hydrogen (secondary N) is 2. The number of hydrogen-bond acceptors (Lipinski definition) is 6. The summed E-state index contributed by atoms with van der Waals surface area (Å²) in [4.78, 5) is 27.0. The van der Waals surface area contributed by atoms with E-state index in [9.17, 15) is 18.0 Å². The molecule has 184 valence electrons. The van der Waals surface area contributed by atoms with Gasteiger partial charge in [0.15, 0.2) is 6.61 Å². The standard InChI is InChI=1S/C25H27N3O6S/c29-24(18-34-21-7-2-1-3-8-21)28-13-11-19(12-14-28)25(30)27-20-6-4-10-23(16-20)35(31,32)26-17-22-9-5-15-33-22/h1-10,15-16,19,26H,11-14,17-18H2,(H,27,30). The Bertz CT molecular complexity index is 1240. The summed E-state index contributed by atoms with van der Waals surface area (Å²) in [6, 6.07) is 18.6. The van der Waals surface area contributed by atoms with E-state index in [-0.39, 0.29) is 35.8 Å². The van der Waals surface area contributed by atoms with Gasteiger partial charge in [-0.3, -0.25) is 9.59 Å². The molecule has 35 heavy (non-hydrogen) atoms. The molecule has 1 fully saturated rings. The Kier molecular flexibility index (Phi) is 7.84. The molecular weight excluding hydrogens is 470 g/mol. The lowest BCUT2D eigenvalue weighted by atomic mass is 9.95. The Hall–Kier alpha value is -3.63. The first-order valence-electron chi connectivity index (χ1n) is 11.3. The SMILES string of the molecule is O=C(Nc1cccc(S(=O)(=O)NCc2ccco2)c1)C1CCN(C(=O)COc2ccccc2)CC1. The van der Waals surface area contributed by atoms with Gasteiger partial charge in [-0.25, -0.2) is 13.1 Å². The minimum absolute atomic E-state index is 0.0274. The molecule has 2 amide bonds. The molecule has 0 bridgehead atoms. The Labute approximate surface area is 204 Å². The highest BCUT2D eigenvalue weighted by atomic mass is 32.2.